The molecule has 5 nitrogen and oxygen atoms in total. The molecule has 1 saturated heterocycles. The lowest BCUT2D eigenvalue weighted by Crippen LogP contribution is -2.50. The first-order chi connectivity index (χ1) is 12.0. The molecule has 0 aliphatic carbocycles. The van der Waals surface area contributed by atoms with Crippen LogP contribution < -0.4 is 10.2 Å². The van der Waals surface area contributed by atoms with Gasteiger partial charge in [0.2, 0.25) is 0 Å². The van der Waals surface area contributed by atoms with Crippen molar-refractivity contribution in [2.45, 2.75) is 6.92 Å². The van der Waals surface area contributed by atoms with Gasteiger partial charge in [0.1, 0.15) is 0 Å². The van der Waals surface area contributed by atoms with Crippen molar-refractivity contribution in [2.24, 2.45) is 0 Å². The summed E-state index contributed by atoms with van der Waals surface area (Å²) < 4.78 is 0. The number of hydrogen-bond acceptors (Lipinski definition) is 3. The van der Waals surface area contributed by atoms with Gasteiger partial charge in [-0.1, -0.05) is 29.8 Å². The minimum Gasteiger partial charge on any atom is -0.368 e. The van der Waals surface area contributed by atoms with Crippen molar-refractivity contribution in [3.63, 3.8) is 0 Å². The maximum Gasteiger partial charge on any atom is 0.321 e. The molecular weight excluding hydrogens is 338 g/mol. The number of hydrogen-bond donors (Lipinski definition) is 1. The van der Waals surface area contributed by atoms with Crippen molar-refractivity contribution in [2.75, 3.05) is 36.4 Å². The minimum atomic E-state index is -0.147. The number of carbonyl (C=O) groups is 2. The molecule has 0 spiro atoms. The van der Waals surface area contributed by atoms with Crippen LogP contribution in [0.15, 0.2) is 48.5 Å². The molecule has 1 heterocycles. The summed E-state index contributed by atoms with van der Waals surface area (Å²) in [4.78, 5) is 27.9. The van der Waals surface area contributed by atoms with Crippen molar-refractivity contribution < 1.29 is 9.59 Å². The van der Waals surface area contributed by atoms with Crippen LogP contribution >= 0.6 is 11.6 Å². The highest BCUT2D eigenvalue weighted by atomic mass is 35.5. The van der Waals surface area contributed by atoms with Gasteiger partial charge in [0.05, 0.1) is 0 Å². The highest BCUT2D eigenvalue weighted by molar-refractivity contribution is 6.30. The van der Waals surface area contributed by atoms with Gasteiger partial charge in [-0.05, 0) is 37.3 Å². The fourth-order valence-electron chi connectivity index (χ4n) is 2.86. The summed E-state index contributed by atoms with van der Waals surface area (Å²) in [7, 11) is 0. The van der Waals surface area contributed by atoms with Crippen LogP contribution in [0.25, 0.3) is 0 Å². The number of piperazine rings is 1. The molecule has 1 aliphatic heterocycles. The number of benzene rings is 2. The number of halogens is 1. The van der Waals surface area contributed by atoms with Crippen molar-refractivity contribution in [1.29, 1.82) is 0 Å². The predicted octanol–water partition coefficient (Wildman–Crippen LogP) is 3.90. The van der Waals surface area contributed by atoms with E-state index in [4.69, 9.17) is 11.6 Å². The van der Waals surface area contributed by atoms with E-state index in [-0.39, 0.29) is 11.8 Å². The van der Waals surface area contributed by atoms with Crippen molar-refractivity contribution in [3.05, 3.63) is 59.1 Å². The number of nitrogens with one attached hydrogen (secondary N) is 1. The molecule has 0 bridgehead atoms. The first-order valence-corrected chi connectivity index (χ1v) is 8.58. The first-order valence-electron chi connectivity index (χ1n) is 8.20. The predicted molar refractivity (Wildman–Crippen MR) is 101 cm³/mol. The Morgan fingerprint density at radius 2 is 1.72 bits per heavy atom. The van der Waals surface area contributed by atoms with Crippen LogP contribution in [0, 0.1) is 0 Å². The van der Waals surface area contributed by atoms with E-state index in [2.05, 4.69) is 10.2 Å². The fraction of sp³-hybridized carbons (Fsp3) is 0.263. The molecule has 1 N–H and O–H groups in total. The molecule has 2 aromatic carbocycles. The fourth-order valence-corrected chi connectivity index (χ4v) is 3.04. The molecule has 6 heteroatoms. The molecule has 0 aromatic heterocycles. The number of rotatable bonds is 3. The van der Waals surface area contributed by atoms with Crippen LogP contribution in [0.1, 0.15) is 17.3 Å². The molecule has 1 fully saturated rings. The summed E-state index contributed by atoms with van der Waals surface area (Å²) in [6, 6.07) is 14.6. The molecular formula is C19H20ClN3O2. The van der Waals surface area contributed by atoms with E-state index >= 15 is 0 Å². The van der Waals surface area contributed by atoms with Gasteiger partial charge in [-0.3, -0.25) is 4.79 Å². The van der Waals surface area contributed by atoms with Crippen LogP contribution in [0.3, 0.4) is 0 Å². The summed E-state index contributed by atoms with van der Waals surface area (Å²) in [5.74, 6) is -0.0220. The lowest BCUT2D eigenvalue weighted by Gasteiger charge is -2.36. The van der Waals surface area contributed by atoms with Gasteiger partial charge in [-0.2, -0.15) is 0 Å². The number of urea groups is 1. The van der Waals surface area contributed by atoms with E-state index in [1.165, 1.54) is 6.92 Å². The molecule has 1 aliphatic rings. The van der Waals surface area contributed by atoms with Crippen LogP contribution in [0.2, 0.25) is 5.02 Å². The van der Waals surface area contributed by atoms with E-state index in [0.717, 1.165) is 18.8 Å². The van der Waals surface area contributed by atoms with E-state index < -0.39 is 0 Å². The average Bonchev–Trinajstić information content (AvgIpc) is 2.62. The molecule has 0 unspecified atom stereocenters. The van der Waals surface area contributed by atoms with Gasteiger partial charge in [0.25, 0.3) is 0 Å². The smallest absolute Gasteiger partial charge is 0.321 e. The highest BCUT2D eigenvalue weighted by Gasteiger charge is 2.21. The second kappa shape index (κ2) is 7.57. The Bertz CT molecular complexity index is 786. The Morgan fingerprint density at radius 3 is 2.40 bits per heavy atom. The summed E-state index contributed by atoms with van der Waals surface area (Å²) in [6.07, 6.45) is 0. The zero-order valence-corrected chi connectivity index (χ0v) is 14.8. The van der Waals surface area contributed by atoms with Gasteiger partial charge < -0.3 is 15.1 Å². The Kier molecular flexibility index (Phi) is 5.24. The molecule has 130 valence electrons. The van der Waals surface area contributed by atoms with E-state index in [0.29, 0.717) is 29.4 Å². The number of carbonyl (C=O) groups excluding carboxylic acids is 2. The topological polar surface area (TPSA) is 52.7 Å². The third-order valence-corrected chi connectivity index (χ3v) is 4.50. The van der Waals surface area contributed by atoms with Crippen LogP contribution in [0.5, 0.6) is 0 Å². The van der Waals surface area contributed by atoms with E-state index in [1.807, 2.05) is 24.3 Å². The maximum atomic E-state index is 12.4. The number of ketones is 1. The Balaban J connectivity index is 1.58. The zero-order valence-electron chi connectivity index (χ0n) is 14.0. The number of Topliss-reactive ketones (excluding diaryl/α,β-unsaturated/α-hetero) is 1. The van der Waals surface area contributed by atoms with Gasteiger partial charge in [0.15, 0.2) is 5.78 Å². The maximum absolute atomic E-state index is 12.4. The van der Waals surface area contributed by atoms with E-state index in [9.17, 15) is 9.59 Å². The summed E-state index contributed by atoms with van der Waals surface area (Å²) in [6.45, 7) is 4.27. The number of nitrogens with zero attached hydrogens (tertiary/aromatic N) is 2. The standard InChI is InChI=1S/C19H20ClN3O2/c1-14(24)15-4-2-6-17(12-15)21-19(25)23-10-8-22(9-11-23)18-7-3-5-16(20)13-18/h2-7,12-13H,8-11H2,1H3,(H,21,25). The second-order valence-corrected chi connectivity index (χ2v) is 6.46. The Hall–Kier alpha value is -2.53. The average molecular weight is 358 g/mol. The SMILES string of the molecule is CC(=O)c1cccc(NC(=O)N2CCN(c3cccc(Cl)c3)CC2)c1. The van der Waals surface area contributed by atoms with Crippen molar-refractivity contribution in [1.82, 2.24) is 4.90 Å². The Morgan fingerprint density at radius 1 is 1.00 bits per heavy atom. The van der Waals surface area contributed by atoms with Crippen LogP contribution in [0.4, 0.5) is 16.2 Å². The van der Waals surface area contributed by atoms with Gasteiger partial charge in [0, 0.05) is 48.1 Å². The largest absolute Gasteiger partial charge is 0.368 e. The molecule has 3 rings (SSSR count). The van der Waals surface area contributed by atoms with Gasteiger partial charge in [-0.15, -0.1) is 0 Å². The zero-order chi connectivity index (χ0) is 17.8. The van der Waals surface area contributed by atoms with Crippen LogP contribution in [-0.2, 0) is 0 Å². The summed E-state index contributed by atoms with van der Waals surface area (Å²) in [5.41, 5.74) is 2.29. The normalized spacial score (nSPS) is 14.3. The third kappa shape index (κ3) is 4.31. The molecule has 0 radical (unpaired) electrons. The van der Waals surface area contributed by atoms with Gasteiger partial charge >= 0.3 is 6.03 Å². The third-order valence-electron chi connectivity index (χ3n) is 4.26. The minimum absolute atomic E-state index is 0.0220. The molecule has 0 saturated carbocycles. The quantitative estimate of drug-likeness (QED) is 0.848. The summed E-state index contributed by atoms with van der Waals surface area (Å²) >= 11 is 6.04. The molecule has 25 heavy (non-hydrogen) atoms. The number of amides is 2. The van der Waals surface area contributed by atoms with Crippen LogP contribution in [-0.4, -0.2) is 42.9 Å². The highest BCUT2D eigenvalue weighted by Crippen LogP contribution is 2.21. The molecule has 0 atom stereocenters. The first kappa shape index (κ1) is 17.3. The van der Waals surface area contributed by atoms with E-state index in [1.54, 1.807) is 29.2 Å². The monoisotopic (exact) mass is 357 g/mol. The summed E-state index contributed by atoms with van der Waals surface area (Å²) in [5, 5.41) is 3.58. The number of anilines is 2. The van der Waals surface area contributed by atoms with Gasteiger partial charge in [-0.25, -0.2) is 4.79 Å². The molecule has 2 amide bonds. The molecule has 2 aromatic rings. The van der Waals surface area contributed by atoms with Crippen molar-refractivity contribution in [3.8, 4) is 0 Å². The van der Waals surface area contributed by atoms with Crippen molar-refractivity contribution >= 4 is 34.8 Å². The Labute approximate surface area is 152 Å². The lowest BCUT2D eigenvalue weighted by molar-refractivity contribution is 0.101. The lowest BCUT2D eigenvalue weighted by atomic mass is 10.1. The second-order valence-electron chi connectivity index (χ2n) is 6.02.